The minimum Gasteiger partial charge on any atom is -0.480 e. The molecular formula is C12H10F2N2O2. The molecule has 1 aromatic carbocycles. The Morgan fingerprint density at radius 1 is 1.33 bits per heavy atom. The molecule has 2 rings (SSSR count). The number of benzene rings is 1. The summed E-state index contributed by atoms with van der Waals surface area (Å²) in [6.45, 7) is -0.0831. The van der Waals surface area contributed by atoms with Gasteiger partial charge >= 0.3 is 0 Å². The number of hydrogen-bond acceptors (Lipinski definition) is 3. The Balaban J connectivity index is 2.20. The molecule has 0 spiro atoms. The first-order valence-corrected chi connectivity index (χ1v) is 5.06. The van der Waals surface area contributed by atoms with Gasteiger partial charge in [-0.15, -0.1) is 0 Å². The van der Waals surface area contributed by atoms with Crippen molar-refractivity contribution in [1.82, 2.24) is 0 Å². The summed E-state index contributed by atoms with van der Waals surface area (Å²) in [5, 5.41) is 7.10. The van der Waals surface area contributed by atoms with Crippen LogP contribution >= 0.6 is 0 Å². The van der Waals surface area contributed by atoms with Crippen LogP contribution in [0.1, 0.15) is 11.3 Å². The van der Waals surface area contributed by atoms with Crippen LogP contribution in [-0.4, -0.2) is 5.84 Å². The third-order valence-corrected chi connectivity index (χ3v) is 2.25. The highest BCUT2D eigenvalue weighted by Gasteiger charge is 2.14. The number of halogens is 2. The molecule has 4 nitrogen and oxygen atoms in total. The SMILES string of the molecule is N=C(N)c1cc(F)c(OCc2ccco2)c(F)c1. The lowest BCUT2D eigenvalue weighted by Crippen LogP contribution is -2.12. The molecule has 0 radical (unpaired) electrons. The quantitative estimate of drug-likeness (QED) is 0.648. The summed E-state index contributed by atoms with van der Waals surface area (Å²) in [6, 6.07) is 5.16. The van der Waals surface area contributed by atoms with Crippen LogP contribution in [0.4, 0.5) is 8.78 Å². The molecule has 0 aliphatic rings. The molecule has 0 atom stereocenters. The van der Waals surface area contributed by atoms with Gasteiger partial charge in [-0.25, -0.2) is 8.78 Å². The Hall–Kier alpha value is -2.37. The zero-order chi connectivity index (χ0) is 13.1. The van der Waals surface area contributed by atoms with Gasteiger partial charge in [-0.1, -0.05) is 0 Å². The fourth-order valence-electron chi connectivity index (χ4n) is 1.39. The van der Waals surface area contributed by atoms with E-state index in [0.29, 0.717) is 5.76 Å². The molecule has 0 saturated carbocycles. The molecule has 2 aromatic rings. The largest absolute Gasteiger partial charge is 0.480 e. The second-order valence-corrected chi connectivity index (χ2v) is 3.55. The van der Waals surface area contributed by atoms with Gasteiger partial charge in [0.25, 0.3) is 0 Å². The summed E-state index contributed by atoms with van der Waals surface area (Å²) in [7, 11) is 0. The van der Waals surface area contributed by atoms with Crippen LogP contribution in [0, 0.1) is 17.0 Å². The molecule has 0 unspecified atom stereocenters. The van der Waals surface area contributed by atoms with E-state index in [0.717, 1.165) is 12.1 Å². The maximum atomic E-state index is 13.6. The van der Waals surface area contributed by atoms with Gasteiger partial charge in [-0.3, -0.25) is 5.41 Å². The van der Waals surface area contributed by atoms with E-state index in [4.69, 9.17) is 20.3 Å². The maximum absolute atomic E-state index is 13.6. The van der Waals surface area contributed by atoms with E-state index in [1.807, 2.05) is 0 Å². The minimum absolute atomic E-state index is 0.0321. The van der Waals surface area contributed by atoms with Gasteiger partial charge in [0.05, 0.1) is 6.26 Å². The molecular weight excluding hydrogens is 242 g/mol. The lowest BCUT2D eigenvalue weighted by Gasteiger charge is -2.08. The standard InChI is InChI=1S/C12H10F2N2O2/c13-9-4-7(12(15)16)5-10(14)11(9)18-6-8-2-1-3-17-8/h1-5H,6H2,(H3,15,16). The molecule has 0 aliphatic carbocycles. The van der Waals surface area contributed by atoms with Crippen LogP contribution in [0.2, 0.25) is 0 Å². The molecule has 0 fully saturated rings. The highest BCUT2D eigenvalue weighted by atomic mass is 19.1. The van der Waals surface area contributed by atoms with Gasteiger partial charge in [0.2, 0.25) is 0 Å². The monoisotopic (exact) mass is 252 g/mol. The van der Waals surface area contributed by atoms with Crippen molar-refractivity contribution in [2.45, 2.75) is 6.61 Å². The van der Waals surface area contributed by atoms with E-state index in [9.17, 15) is 8.78 Å². The van der Waals surface area contributed by atoms with Crippen molar-refractivity contribution in [3.8, 4) is 5.75 Å². The van der Waals surface area contributed by atoms with Gasteiger partial charge in [-0.05, 0) is 24.3 Å². The fourth-order valence-corrected chi connectivity index (χ4v) is 1.39. The first kappa shape index (κ1) is 12.1. The van der Waals surface area contributed by atoms with Crippen molar-refractivity contribution in [3.63, 3.8) is 0 Å². The number of ether oxygens (including phenoxy) is 1. The van der Waals surface area contributed by atoms with E-state index < -0.39 is 23.2 Å². The molecule has 1 heterocycles. The lowest BCUT2D eigenvalue weighted by atomic mass is 10.2. The first-order valence-electron chi connectivity index (χ1n) is 5.06. The first-order chi connectivity index (χ1) is 8.58. The predicted octanol–water partition coefficient (Wildman–Crippen LogP) is 2.42. The Labute approximate surface area is 101 Å². The Kier molecular flexibility index (Phi) is 3.27. The van der Waals surface area contributed by atoms with Crippen LogP contribution in [0.15, 0.2) is 34.9 Å². The normalized spacial score (nSPS) is 10.3. The number of amidine groups is 1. The fraction of sp³-hybridized carbons (Fsp3) is 0.0833. The maximum Gasteiger partial charge on any atom is 0.191 e. The molecule has 0 amide bonds. The van der Waals surface area contributed by atoms with Crippen LogP contribution in [0.5, 0.6) is 5.75 Å². The van der Waals surface area contributed by atoms with Crippen LogP contribution in [-0.2, 0) is 6.61 Å². The van der Waals surface area contributed by atoms with E-state index >= 15 is 0 Å². The van der Waals surface area contributed by atoms with Crippen molar-refractivity contribution >= 4 is 5.84 Å². The molecule has 94 valence electrons. The van der Waals surface area contributed by atoms with Crippen LogP contribution < -0.4 is 10.5 Å². The van der Waals surface area contributed by atoms with E-state index in [1.54, 1.807) is 12.1 Å². The van der Waals surface area contributed by atoms with Gasteiger partial charge in [0.15, 0.2) is 17.4 Å². The van der Waals surface area contributed by atoms with Gasteiger partial charge in [0.1, 0.15) is 18.2 Å². The summed E-state index contributed by atoms with van der Waals surface area (Å²) in [5.74, 6) is -2.30. The number of furan rings is 1. The average molecular weight is 252 g/mol. The van der Waals surface area contributed by atoms with Gasteiger partial charge < -0.3 is 14.9 Å². The van der Waals surface area contributed by atoms with Gasteiger partial charge in [0, 0.05) is 5.56 Å². The Bertz CT molecular complexity index is 544. The lowest BCUT2D eigenvalue weighted by molar-refractivity contribution is 0.246. The zero-order valence-corrected chi connectivity index (χ0v) is 9.24. The number of nitrogens with two attached hydrogens (primary N) is 1. The number of nitrogens with one attached hydrogen (secondary N) is 1. The highest BCUT2D eigenvalue weighted by molar-refractivity contribution is 5.95. The topological polar surface area (TPSA) is 72.2 Å². The van der Waals surface area contributed by atoms with Crippen molar-refractivity contribution in [1.29, 1.82) is 5.41 Å². The molecule has 3 N–H and O–H groups in total. The minimum atomic E-state index is -0.910. The third kappa shape index (κ3) is 2.48. The smallest absolute Gasteiger partial charge is 0.191 e. The molecule has 0 bridgehead atoms. The molecule has 18 heavy (non-hydrogen) atoms. The summed E-state index contributed by atoms with van der Waals surface area (Å²) < 4.78 is 37.1. The second kappa shape index (κ2) is 4.87. The van der Waals surface area contributed by atoms with E-state index in [-0.39, 0.29) is 12.2 Å². The number of hydrogen-bond donors (Lipinski definition) is 2. The Morgan fingerprint density at radius 2 is 2.00 bits per heavy atom. The predicted molar refractivity (Wildman–Crippen MR) is 60.4 cm³/mol. The van der Waals surface area contributed by atoms with Crippen LogP contribution in [0.3, 0.4) is 0 Å². The van der Waals surface area contributed by atoms with Gasteiger partial charge in [-0.2, -0.15) is 0 Å². The number of nitrogen functional groups attached to an aromatic ring is 1. The highest BCUT2D eigenvalue weighted by Crippen LogP contribution is 2.24. The summed E-state index contributed by atoms with van der Waals surface area (Å²) >= 11 is 0. The van der Waals surface area contributed by atoms with Crippen molar-refractivity contribution in [2.24, 2.45) is 5.73 Å². The van der Waals surface area contributed by atoms with Crippen molar-refractivity contribution in [3.05, 3.63) is 53.5 Å². The van der Waals surface area contributed by atoms with Crippen molar-refractivity contribution in [2.75, 3.05) is 0 Å². The Morgan fingerprint density at radius 3 is 2.50 bits per heavy atom. The summed E-state index contributed by atoms with van der Waals surface area (Å²) in [4.78, 5) is 0. The second-order valence-electron chi connectivity index (χ2n) is 3.55. The summed E-state index contributed by atoms with van der Waals surface area (Å²) in [6.07, 6.45) is 1.43. The molecule has 6 heteroatoms. The van der Waals surface area contributed by atoms with E-state index in [2.05, 4.69) is 0 Å². The van der Waals surface area contributed by atoms with Crippen LogP contribution in [0.25, 0.3) is 0 Å². The van der Waals surface area contributed by atoms with Crippen molar-refractivity contribution < 1.29 is 17.9 Å². The zero-order valence-electron chi connectivity index (χ0n) is 9.24. The third-order valence-electron chi connectivity index (χ3n) is 2.25. The molecule has 0 aliphatic heterocycles. The van der Waals surface area contributed by atoms with E-state index in [1.165, 1.54) is 6.26 Å². The summed E-state index contributed by atoms with van der Waals surface area (Å²) in [5.41, 5.74) is 5.11. The number of rotatable bonds is 4. The molecule has 0 saturated heterocycles. The average Bonchev–Trinajstić information content (AvgIpc) is 2.80. The molecule has 1 aromatic heterocycles.